The van der Waals surface area contributed by atoms with E-state index in [1.165, 1.54) is 24.0 Å². The van der Waals surface area contributed by atoms with Gasteiger partial charge in [0, 0.05) is 6.42 Å². The smallest absolute Gasteiger partial charge is 0.155 e. The van der Waals surface area contributed by atoms with E-state index in [9.17, 15) is 4.79 Å². The highest BCUT2D eigenvalue weighted by atomic mass is 16.5. The van der Waals surface area contributed by atoms with Crippen molar-refractivity contribution in [2.75, 3.05) is 7.11 Å². The van der Waals surface area contributed by atoms with Crippen molar-refractivity contribution in [2.45, 2.75) is 38.0 Å². The van der Waals surface area contributed by atoms with Crippen LogP contribution in [-0.4, -0.2) is 12.9 Å². The lowest BCUT2D eigenvalue weighted by molar-refractivity contribution is -0.115. The maximum absolute atomic E-state index is 11.4. The Hall–Kier alpha value is -1.57. The summed E-state index contributed by atoms with van der Waals surface area (Å²) < 4.78 is 5.21. The highest BCUT2D eigenvalue weighted by Crippen LogP contribution is 2.43. The molecule has 0 aliphatic heterocycles. The monoisotopic (exact) mass is 256 g/mol. The van der Waals surface area contributed by atoms with Crippen molar-refractivity contribution in [2.24, 2.45) is 5.92 Å². The molecule has 1 fully saturated rings. The van der Waals surface area contributed by atoms with Gasteiger partial charge in [0.15, 0.2) is 5.78 Å². The summed E-state index contributed by atoms with van der Waals surface area (Å²) in [7, 11) is 1.70. The van der Waals surface area contributed by atoms with E-state index in [4.69, 9.17) is 4.74 Å². The molecule has 2 atom stereocenters. The molecule has 2 aliphatic carbocycles. The van der Waals surface area contributed by atoms with Crippen LogP contribution in [0.2, 0.25) is 0 Å². The molecule has 0 radical (unpaired) electrons. The molecule has 0 N–H and O–H groups in total. The molecule has 3 rings (SSSR count). The van der Waals surface area contributed by atoms with Crippen LogP contribution in [0.1, 0.15) is 43.6 Å². The second kappa shape index (κ2) is 5.20. The second-order valence-electron chi connectivity index (χ2n) is 5.67. The fraction of sp³-hybridized carbons (Fsp3) is 0.471. The number of carbonyl (C=O) groups is 1. The Kier molecular flexibility index (Phi) is 3.41. The first-order valence-electron chi connectivity index (χ1n) is 7.13. The number of carbonyl (C=O) groups excluding carboxylic acids is 1. The van der Waals surface area contributed by atoms with Gasteiger partial charge in [0.25, 0.3) is 0 Å². The van der Waals surface area contributed by atoms with E-state index in [0.29, 0.717) is 17.6 Å². The number of ether oxygens (including phenoxy) is 1. The van der Waals surface area contributed by atoms with Gasteiger partial charge < -0.3 is 4.74 Å². The van der Waals surface area contributed by atoms with Crippen LogP contribution in [-0.2, 0) is 4.79 Å². The maximum atomic E-state index is 11.4. The van der Waals surface area contributed by atoms with Gasteiger partial charge in [-0.2, -0.15) is 0 Å². The van der Waals surface area contributed by atoms with Crippen LogP contribution in [0.25, 0.3) is 0 Å². The zero-order valence-electron chi connectivity index (χ0n) is 11.4. The quantitative estimate of drug-likeness (QED) is 0.803. The highest BCUT2D eigenvalue weighted by molar-refractivity contribution is 5.91. The molecule has 2 aliphatic rings. The molecular formula is C17H20O2. The lowest BCUT2D eigenvalue weighted by Crippen LogP contribution is -2.21. The molecule has 2 nitrogen and oxygen atoms in total. The van der Waals surface area contributed by atoms with Gasteiger partial charge in [-0.25, -0.2) is 0 Å². The second-order valence-corrected chi connectivity index (χ2v) is 5.67. The SMILES string of the molecule is COc1ccc([C@@H]2CCC3=CC(=O)CC[C@H]3C2)cc1. The number of hydrogen-bond acceptors (Lipinski definition) is 2. The summed E-state index contributed by atoms with van der Waals surface area (Å²) in [6, 6.07) is 8.47. The van der Waals surface area contributed by atoms with Gasteiger partial charge in [0.1, 0.15) is 5.75 Å². The predicted molar refractivity (Wildman–Crippen MR) is 75.4 cm³/mol. The van der Waals surface area contributed by atoms with Crippen LogP contribution in [0.15, 0.2) is 35.9 Å². The summed E-state index contributed by atoms with van der Waals surface area (Å²) in [5.74, 6) is 2.53. The third-order valence-corrected chi connectivity index (χ3v) is 4.55. The molecule has 100 valence electrons. The van der Waals surface area contributed by atoms with Crippen molar-refractivity contribution >= 4 is 5.78 Å². The standard InChI is InChI=1S/C17H20O2/c1-19-17-8-5-12(6-9-17)13-2-3-15-11-16(18)7-4-14(15)10-13/h5-6,8-9,11,13-14H,2-4,7,10H2,1H3/t13-,14+/m1/s1. The number of ketones is 1. The third-order valence-electron chi connectivity index (χ3n) is 4.55. The van der Waals surface area contributed by atoms with Crippen LogP contribution in [0.5, 0.6) is 5.75 Å². The first-order valence-corrected chi connectivity index (χ1v) is 7.13. The summed E-state index contributed by atoms with van der Waals surface area (Å²) in [5.41, 5.74) is 2.82. The zero-order chi connectivity index (χ0) is 13.2. The number of fused-ring (bicyclic) bond motifs is 1. The molecule has 19 heavy (non-hydrogen) atoms. The topological polar surface area (TPSA) is 26.3 Å². The van der Waals surface area contributed by atoms with E-state index in [0.717, 1.165) is 25.0 Å². The Bertz CT molecular complexity index is 498. The number of benzene rings is 1. The van der Waals surface area contributed by atoms with Gasteiger partial charge in [0.2, 0.25) is 0 Å². The first-order chi connectivity index (χ1) is 9.26. The van der Waals surface area contributed by atoms with Crippen molar-refractivity contribution in [3.05, 3.63) is 41.5 Å². The number of allylic oxidation sites excluding steroid dienone is 2. The highest BCUT2D eigenvalue weighted by Gasteiger charge is 2.29. The van der Waals surface area contributed by atoms with E-state index in [1.807, 2.05) is 18.2 Å². The van der Waals surface area contributed by atoms with E-state index in [1.54, 1.807) is 7.11 Å². The molecule has 2 heteroatoms. The predicted octanol–water partition coefficient (Wildman–Crippen LogP) is 3.87. The normalized spacial score (nSPS) is 26.6. The minimum absolute atomic E-state index is 0.328. The molecule has 1 aromatic rings. The molecule has 0 unspecified atom stereocenters. The Balaban J connectivity index is 1.74. The average Bonchev–Trinajstić information content (AvgIpc) is 2.47. The fourth-order valence-corrected chi connectivity index (χ4v) is 3.43. The van der Waals surface area contributed by atoms with E-state index < -0.39 is 0 Å². The molecular weight excluding hydrogens is 236 g/mol. The summed E-state index contributed by atoms with van der Waals surface area (Å²) in [6.45, 7) is 0. The van der Waals surface area contributed by atoms with Crippen molar-refractivity contribution < 1.29 is 9.53 Å². The molecule has 0 bridgehead atoms. The molecule has 1 saturated carbocycles. The molecule has 0 heterocycles. The van der Waals surface area contributed by atoms with Crippen LogP contribution in [0.3, 0.4) is 0 Å². The van der Waals surface area contributed by atoms with Gasteiger partial charge in [-0.05, 0) is 61.3 Å². The fourth-order valence-electron chi connectivity index (χ4n) is 3.43. The minimum Gasteiger partial charge on any atom is -0.497 e. The number of hydrogen-bond donors (Lipinski definition) is 0. The van der Waals surface area contributed by atoms with Crippen molar-refractivity contribution in [3.63, 3.8) is 0 Å². The Morgan fingerprint density at radius 3 is 2.53 bits per heavy atom. The number of methoxy groups -OCH3 is 1. The van der Waals surface area contributed by atoms with Crippen molar-refractivity contribution in [3.8, 4) is 5.75 Å². The molecule has 0 spiro atoms. The average molecular weight is 256 g/mol. The summed E-state index contributed by atoms with van der Waals surface area (Å²) in [6.07, 6.45) is 7.17. The number of rotatable bonds is 2. The minimum atomic E-state index is 0.328. The summed E-state index contributed by atoms with van der Waals surface area (Å²) >= 11 is 0. The van der Waals surface area contributed by atoms with Crippen LogP contribution < -0.4 is 4.74 Å². The third kappa shape index (κ3) is 2.58. The van der Waals surface area contributed by atoms with Gasteiger partial charge in [-0.15, -0.1) is 0 Å². The van der Waals surface area contributed by atoms with E-state index in [2.05, 4.69) is 12.1 Å². The zero-order valence-corrected chi connectivity index (χ0v) is 11.4. The summed E-state index contributed by atoms with van der Waals surface area (Å²) in [5, 5.41) is 0. The maximum Gasteiger partial charge on any atom is 0.155 e. The van der Waals surface area contributed by atoms with Crippen LogP contribution in [0, 0.1) is 5.92 Å². The molecule has 0 amide bonds. The lowest BCUT2D eigenvalue weighted by atomic mass is 9.71. The molecule has 1 aromatic carbocycles. The van der Waals surface area contributed by atoms with Gasteiger partial charge in [-0.3, -0.25) is 4.79 Å². The van der Waals surface area contributed by atoms with Crippen molar-refractivity contribution in [1.82, 2.24) is 0 Å². The first kappa shape index (κ1) is 12.5. The molecule has 0 aromatic heterocycles. The Morgan fingerprint density at radius 1 is 1.05 bits per heavy atom. The van der Waals surface area contributed by atoms with Crippen LogP contribution in [0.4, 0.5) is 0 Å². The molecule has 0 saturated heterocycles. The van der Waals surface area contributed by atoms with Crippen molar-refractivity contribution in [1.29, 1.82) is 0 Å². The van der Waals surface area contributed by atoms with Gasteiger partial charge in [0.05, 0.1) is 7.11 Å². The van der Waals surface area contributed by atoms with Gasteiger partial charge in [-0.1, -0.05) is 17.7 Å². The van der Waals surface area contributed by atoms with E-state index in [-0.39, 0.29) is 0 Å². The summed E-state index contributed by atoms with van der Waals surface area (Å²) in [4.78, 5) is 11.4. The Morgan fingerprint density at radius 2 is 1.79 bits per heavy atom. The van der Waals surface area contributed by atoms with Crippen LogP contribution >= 0.6 is 0 Å². The van der Waals surface area contributed by atoms with Gasteiger partial charge >= 0.3 is 0 Å². The van der Waals surface area contributed by atoms with E-state index >= 15 is 0 Å². The Labute approximate surface area is 114 Å². The lowest BCUT2D eigenvalue weighted by Gasteiger charge is -2.34. The largest absolute Gasteiger partial charge is 0.497 e.